The lowest BCUT2D eigenvalue weighted by atomic mass is 9.67. The predicted octanol–water partition coefficient (Wildman–Crippen LogP) is 3.94. The van der Waals surface area contributed by atoms with E-state index in [1.165, 1.54) is 32.1 Å². The molecule has 0 unspecified atom stereocenters. The summed E-state index contributed by atoms with van der Waals surface area (Å²) in [5, 5.41) is 0. The molecule has 1 heterocycles. The fraction of sp³-hybridized carbons (Fsp3) is 0.867. The Morgan fingerprint density at radius 2 is 2.19 bits per heavy atom. The van der Waals surface area contributed by atoms with E-state index in [0.29, 0.717) is 11.7 Å². The average molecular weight is 220 g/mol. The minimum atomic E-state index is 0.327. The summed E-state index contributed by atoms with van der Waals surface area (Å²) in [6.07, 6.45) is 9.70. The van der Waals surface area contributed by atoms with Gasteiger partial charge in [-0.3, -0.25) is 0 Å². The van der Waals surface area contributed by atoms with E-state index >= 15 is 0 Å². The van der Waals surface area contributed by atoms with E-state index in [2.05, 4.69) is 26.8 Å². The monoisotopic (exact) mass is 220 g/mol. The molecule has 1 heteroatoms. The highest BCUT2D eigenvalue weighted by Crippen LogP contribution is 2.55. The summed E-state index contributed by atoms with van der Waals surface area (Å²) in [5.74, 6) is 2.51. The second-order valence-corrected chi connectivity index (χ2v) is 6.54. The van der Waals surface area contributed by atoms with Gasteiger partial charge in [0.15, 0.2) is 0 Å². The molecule has 16 heavy (non-hydrogen) atoms. The minimum Gasteiger partial charge on any atom is -0.366 e. The molecule has 0 aromatic rings. The lowest BCUT2D eigenvalue weighted by Gasteiger charge is -2.37. The van der Waals surface area contributed by atoms with Gasteiger partial charge in [0.2, 0.25) is 0 Å². The molecular weight excluding hydrogens is 196 g/mol. The zero-order valence-corrected chi connectivity index (χ0v) is 10.8. The van der Waals surface area contributed by atoms with Crippen molar-refractivity contribution in [3.05, 3.63) is 11.6 Å². The summed E-state index contributed by atoms with van der Waals surface area (Å²) in [5.41, 5.74) is 1.93. The van der Waals surface area contributed by atoms with Gasteiger partial charge in [-0.05, 0) is 56.8 Å². The Hall–Kier alpha value is -0.300. The standard InChI is InChI=1S/C15H24O/c1-10(2)13-6-7-15-9-12(13)8-11(3)4-5-14(15)16-15/h8,10,12-14H,4-7,9H2,1-3H3/b11-8-/t12-,13+,14-,15+/m0/s1. The Morgan fingerprint density at radius 3 is 2.94 bits per heavy atom. The summed E-state index contributed by atoms with van der Waals surface area (Å²) in [4.78, 5) is 0. The van der Waals surface area contributed by atoms with Crippen LogP contribution in [0.4, 0.5) is 0 Å². The number of fused-ring (bicyclic) bond motifs is 1. The number of allylic oxidation sites excluding steroid dienone is 2. The molecular formula is C15H24O. The molecule has 2 bridgehead atoms. The van der Waals surface area contributed by atoms with Crippen LogP contribution in [-0.2, 0) is 4.74 Å². The van der Waals surface area contributed by atoms with Crippen molar-refractivity contribution in [1.29, 1.82) is 0 Å². The normalized spacial score (nSPS) is 50.0. The third-order valence-electron chi connectivity index (χ3n) is 5.09. The van der Waals surface area contributed by atoms with Crippen LogP contribution in [0.25, 0.3) is 0 Å². The van der Waals surface area contributed by atoms with E-state index < -0.39 is 0 Å². The highest BCUT2D eigenvalue weighted by Gasteiger charge is 2.59. The zero-order valence-electron chi connectivity index (χ0n) is 10.8. The third kappa shape index (κ3) is 1.64. The van der Waals surface area contributed by atoms with E-state index in [0.717, 1.165) is 17.8 Å². The van der Waals surface area contributed by atoms with Crippen molar-refractivity contribution in [3.63, 3.8) is 0 Å². The van der Waals surface area contributed by atoms with Crippen LogP contribution in [0.3, 0.4) is 0 Å². The van der Waals surface area contributed by atoms with Crippen LogP contribution in [0, 0.1) is 17.8 Å². The summed E-state index contributed by atoms with van der Waals surface area (Å²) in [6.45, 7) is 7.08. The second kappa shape index (κ2) is 3.60. The molecule has 0 aromatic carbocycles. The lowest BCUT2D eigenvalue weighted by molar-refractivity contribution is 0.132. The Bertz CT molecular complexity index is 317. The first kappa shape index (κ1) is 10.8. The Labute approximate surface area is 99.3 Å². The van der Waals surface area contributed by atoms with Crippen LogP contribution < -0.4 is 0 Å². The van der Waals surface area contributed by atoms with Crippen molar-refractivity contribution in [1.82, 2.24) is 0 Å². The molecule has 0 N–H and O–H groups in total. The van der Waals surface area contributed by atoms with Crippen LogP contribution in [0.15, 0.2) is 11.6 Å². The molecule has 1 spiro atoms. The van der Waals surface area contributed by atoms with Gasteiger partial charge in [-0.1, -0.05) is 25.5 Å². The number of ether oxygens (including phenoxy) is 1. The maximum absolute atomic E-state index is 6.04. The van der Waals surface area contributed by atoms with Gasteiger partial charge in [-0.15, -0.1) is 0 Å². The number of rotatable bonds is 1. The van der Waals surface area contributed by atoms with Crippen molar-refractivity contribution < 1.29 is 4.74 Å². The number of hydrogen-bond donors (Lipinski definition) is 0. The van der Waals surface area contributed by atoms with Crippen molar-refractivity contribution in [2.45, 2.75) is 64.6 Å². The maximum Gasteiger partial charge on any atom is 0.0954 e. The van der Waals surface area contributed by atoms with Gasteiger partial charge in [0, 0.05) is 0 Å². The smallest absolute Gasteiger partial charge is 0.0954 e. The molecule has 90 valence electrons. The SMILES string of the molecule is C/C1=C/[C@H]2C[C@@]3(CC[C@@H]2C(C)C)O[C@H]3CC1. The quantitative estimate of drug-likeness (QED) is 0.482. The van der Waals surface area contributed by atoms with Gasteiger partial charge >= 0.3 is 0 Å². The molecule has 1 saturated heterocycles. The van der Waals surface area contributed by atoms with E-state index in [4.69, 9.17) is 4.74 Å². The van der Waals surface area contributed by atoms with E-state index in [1.54, 1.807) is 5.57 Å². The fourth-order valence-corrected chi connectivity index (χ4v) is 4.07. The van der Waals surface area contributed by atoms with Crippen molar-refractivity contribution in [2.75, 3.05) is 0 Å². The lowest BCUT2D eigenvalue weighted by Crippen LogP contribution is -2.34. The minimum absolute atomic E-state index is 0.327. The van der Waals surface area contributed by atoms with Crippen molar-refractivity contribution >= 4 is 0 Å². The largest absolute Gasteiger partial charge is 0.366 e. The summed E-state index contributed by atoms with van der Waals surface area (Å²) in [7, 11) is 0. The second-order valence-electron chi connectivity index (χ2n) is 6.54. The summed E-state index contributed by atoms with van der Waals surface area (Å²) < 4.78 is 6.04. The summed E-state index contributed by atoms with van der Waals surface area (Å²) >= 11 is 0. The molecule has 2 fully saturated rings. The van der Waals surface area contributed by atoms with Crippen LogP contribution in [0.1, 0.15) is 52.9 Å². The van der Waals surface area contributed by atoms with E-state index in [9.17, 15) is 0 Å². The van der Waals surface area contributed by atoms with Gasteiger partial charge in [0.1, 0.15) is 0 Å². The first-order chi connectivity index (χ1) is 7.61. The molecule has 3 rings (SSSR count). The molecule has 1 nitrogen and oxygen atoms in total. The average Bonchev–Trinajstić information content (AvgIpc) is 2.86. The predicted molar refractivity (Wildman–Crippen MR) is 66.3 cm³/mol. The topological polar surface area (TPSA) is 12.5 Å². The first-order valence-corrected chi connectivity index (χ1v) is 6.96. The van der Waals surface area contributed by atoms with E-state index in [-0.39, 0.29) is 0 Å². The van der Waals surface area contributed by atoms with Gasteiger partial charge in [0.05, 0.1) is 11.7 Å². The maximum atomic E-state index is 6.04. The van der Waals surface area contributed by atoms with Gasteiger partial charge in [0.25, 0.3) is 0 Å². The van der Waals surface area contributed by atoms with Gasteiger partial charge in [-0.2, -0.15) is 0 Å². The highest BCUT2D eigenvalue weighted by atomic mass is 16.6. The first-order valence-electron chi connectivity index (χ1n) is 6.96. The highest BCUT2D eigenvalue weighted by molar-refractivity contribution is 5.16. The molecule has 4 atom stereocenters. The molecule has 0 aromatic heterocycles. The van der Waals surface area contributed by atoms with Crippen molar-refractivity contribution in [2.24, 2.45) is 17.8 Å². The third-order valence-corrected chi connectivity index (χ3v) is 5.09. The number of epoxide rings is 1. The molecule has 0 amide bonds. The van der Waals surface area contributed by atoms with Gasteiger partial charge in [-0.25, -0.2) is 0 Å². The molecule has 3 aliphatic rings. The van der Waals surface area contributed by atoms with Gasteiger partial charge < -0.3 is 4.74 Å². The molecule has 1 aliphatic heterocycles. The van der Waals surface area contributed by atoms with Crippen LogP contribution in [-0.4, -0.2) is 11.7 Å². The van der Waals surface area contributed by atoms with E-state index in [1.807, 2.05) is 0 Å². The fourth-order valence-electron chi connectivity index (χ4n) is 4.07. The Kier molecular flexibility index (Phi) is 2.43. The van der Waals surface area contributed by atoms with Crippen LogP contribution in [0.5, 0.6) is 0 Å². The Balaban J connectivity index is 1.86. The molecule has 0 radical (unpaired) electrons. The number of hydrogen-bond acceptors (Lipinski definition) is 1. The molecule has 2 aliphatic carbocycles. The van der Waals surface area contributed by atoms with Crippen LogP contribution in [0.2, 0.25) is 0 Å². The van der Waals surface area contributed by atoms with Crippen molar-refractivity contribution in [3.8, 4) is 0 Å². The van der Waals surface area contributed by atoms with Crippen LogP contribution >= 0.6 is 0 Å². The molecule has 1 saturated carbocycles. The summed E-state index contributed by atoms with van der Waals surface area (Å²) in [6, 6.07) is 0. The Morgan fingerprint density at radius 1 is 1.38 bits per heavy atom. The zero-order chi connectivity index (χ0) is 11.3.